The molecule has 0 unspecified atom stereocenters. The molecule has 0 spiro atoms. The molecule has 1 aromatic rings. The van der Waals surface area contributed by atoms with Crippen molar-refractivity contribution in [1.29, 1.82) is 0 Å². The van der Waals surface area contributed by atoms with Crippen LogP contribution in [0, 0.1) is 0 Å². The molecule has 0 N–H and O–H groups in total. The summed E-state index contributed by atoms with van der Waals surface area (Å²) in [5.74, 6) is 0.258. The van der Waals surface area contributed by atoms with Gasteiger partial charge in [-0.3, -0.25) is 4.79 Å². The summed E-state index contributed by atoms with van der Waals surface area (Å²) in [5, 5.41) is 0. The second-order valence-corrected chi connectivity index (χ2v) is 4.44. The number of benzene rings is 1. The highest BCUT2D eigenvalue weighted by Crippen LogP contribution is 2.14. The number of carbonyl (C=O) groups excluding carboxylic acids is 1. The molecule has 1 aliphatic rings. The first-order valence-corrected chi connectivity index (χ1v) is 6.39. The maximum absolute atomic E-state index is 12.1. The number of carbonyl (C=O) groups is 1. The molecule has 0 aromatic heterocycles. The van der Waals surface area contributed by atoms with Crippen molar-refractivity contribution >= 4 is 11.6 Å². The number of hydrogen-bond acceptors (Lipinski definition) is 2. The molecule has 3 heteroatoms. The zero-order valence-corrected chi connectivity index (χ0v) is 10.4. The molecule has 0 saturated carbocycles. The van der Waals surface area contributed by atoms with Crippen molar-refractivity contribution in [3.8, 4) is 0 Å². The number of hydrogen-bond donors (Lipinski definition) is 0. The SMILES string of the molecule is CCN(CC(=O)N1CCCC1)c1ccccc1. The number of para-hydroxylation sites is 1. The van der Waals surface area contributed by atoms with Crippen molar-refractivity contribution in [2.24, 2.45) is 0 Å². The average Bonchev–Trinajstić information content (AvgIpc) is 2.90. The first-order chi connectivity index (χ1) is 8.31. The number of amides is 1. The molecule has 0 radical (unpaired) electrons. The minimum absolute atomic E-state index is 0.258. The van der Waals surface area contributed by atoms with Crippen molar-refractivity contribution < 1.29 is 4.79 Å². The monoisotopic (exact) mass is 232 g/mol. The predicted octanol–water partition coefficient (Wildman–Crippen LogP) is 2.14. The van der Waals surface area contributed by atoms with Crippen molar-refractivity contribution in [2.75, 3.05) is 31.1 Å². The summed E-state index contributed by atoms with van der Waals surface area (Å²) in [4.78, 5) is 16.2. The Hall–Kier alpha value is -1.51. The van der Waals surface area contributed by atoms with Crippen LogP contribution in [0.25, 0.3) is 0 Å². The molecular weight excluding hydrogens is 212 g/mol. The Kier molecular flexibility index (Phi) is 4.02. The Balaban J connectivity index is 1.97. The molecule has 92 valence electrons. The topological polar surface area (TPSA) is 23.6 Å². The van der Waals surface area contributed by atoms with Crippen LogP contribution in [-0.4, -0.2) is 37.0 Å². The van der Waals surface area contributed by atoms with E-state index in [-0.39, 0.29) is 5.91 Å². The molecule has 0 aliphatic carbocycles. The quantitative estimate of drug-likeness (QED) is 0.794. The van der Waals surface area contributed by atoms with Gasteiger partial charge in [0.25, 0.3) is 0 Å². The Labute approximate surface area is 103 Å². The highest BCUT2D eigenvalue weighted by molar-refractivity contribution is 5.81. The number of anilines is 1. The lowest BCUT2D eigenvalue weighted by Gasteiger charge is -2.25. The van der Waals surface area contributed by atoms with Crippen molar-refractivity contribution in [3.05, 3.63) is 30.3 Å². The van der Waals surface area contributed by atoms with Gasteiger partial charge in [0.05, 0.1) is 6.54 Å². The van der Waals surface area contributed by atoms with Gasteiger partial charge in [-0.15, -0.1) is 0 Å². The van der Waals surface area contributed by atoms with Gasteiger partial charge in [-0.25, -0.2) is 0 Å². The van der Waals surface area contributed by atoms with E-state index < -0.39 is 0 Å². The molecule has 0 bridgehead atoms. The molecule has 0 atom stereocenters. The van der Waals surface area contributed by atoms with E-state index >= 15 is 0 Å². The molecular formula is C14H20N2O. The Bertz CT molecular complexity index is 358. The van der Waals surface area contributed by atoms with Crippen LogP contribution in [0.4, 0.5) is 5.69 Å². The van der Waals surface area contributed by atoms with Crippen LogP contribution >= 0.6 is 0 Å². The summed E-state index contributed by atoms with van der Waals surface area (Å²) in [7, 11) is 0. The lowest BCUT2D eigenvalue weighted by atomic mass is 10.3. The van der Waals surface area contributed by atoms with Gasteiger partial charge >= 0.3 is 0 Å². The number of likely N-dealkylation sites (N-methyl/N-ethyl adjacent to an activating group) is 1. The van der Waals surface area contributed by atoms with Gasteiger partial charge in [-0.2, -0.15) is 0 Å². The van der Waals surface area contributed by atoms with Crippen LogP contribution in [0.2, 0.25) is 0 Å². The number of rotatable bonds is 4. The van der Waals surface area contributed by atoms with Gasteiger partial charge in [-0.1, -0.05) is 18.2 Å². The number of likely N-dealkylation sites (tertiary alicyclic amines) is 1. The zero-order chi connectivity index (χ0) is 12.1. The fourth-order valence-corrected chi connectivity index (χ4v) is 2.25. The van der Waals surface area contributed by atoms with E-state index in [9.17, 15) is 4.79 Å². The largest absolute Gasteiger partial charge is 0.362 e. The third-order valence-corrected chi connectivity index (χ3v) is 3.29. The van der Waals surface area contributed by atoms with E-state index in [0.717, 1.165) is 38.2 Å². The van der Waals surface area contributed by atoms with Crippen molar-refractivity contribution in [3.63, 3.8) is 0 Å². The van der Waals surface area contributed by atoms with Crippen LogP contribution in [0.3, 0.4) is 0 Å². The minimum Gasteiger partial charge on any atom is -0.362 e. The maximum Gasteiger partial charge on any atom is 0.242 e. The fraction of sp³-hybridized carbons (Fsp3) is 0.500. The molecule has 3 nitrogen and oxygen atoms in total. The van der Waals surface area contributed by atoms with Gasteiger partial charge in [-0.05, 0) is 31.9 Å². The molecule has 1 fully saturated rings. The Morgan fingerprint density at radius 2 is 1.88 bits per heavy atom. The standard InChI is InChI=1S/C14H20N2O/c1-2-15(13-8-4-3-5-9-13)12-14(17)16-10-6-7-11-16/h3-5,8-9H,2,6-7,10-12H2,1H3. The van der Waals surface area contributed by atoms with Gasteiger partial charge in [0.15, 0.2) is 0 Å². The second-order valence-electron chi connectivity index (χ2n) is 4.44. The molecule has 1 saturated heterocycles. The van der Waals surface area contributed by atoms with Gasteiger partial charge in [0.2, 0.25) is 5.91 Å². The molecule has 2 rings (SSSR count). The van der Waals surface area contributed by atoms with Crippen molar-refractivity contribution in [2.45, 2.75) is 19.8 Å². The summed E-state index contributed by atoms with van der Waals surface area (Å²) < 4.78 is 0. The third-order valence-electron chi connectivity index (χ3n) is 3.29. The third kappa shape index (κ3) is 2.99. The first-order valence-electron chi connectivity index (χ1n) is 6.39. The fourth-order valence-electron chi connectivity index (χ4n) is 2.25. The average molecular weight is 232 g/mol. The van der Waals surface area contributed by atoms with E-state index in [2.05, 4.69) is 24.0 Å². The van der Waals surface area contributed by atoms with Gasteiger partial charge in [0.1, 0.15) is 0 Å². The van der Waals surface area contributed by atoms with E-state index in [1.54, 1.807) is 0 Å². The molecule has 17 heavy (non-hydrogen) atoms. The van der Waals surface area contributed by atoms with Crippen LogP contribution in [-0.2, 0) is 4.79 Å². The zero-order valence-electron chi connectivity index (χ0n) is 10.4. The molecule has 1 amide bonds. The van der Waals surface area contributed by atoms with Crippen LogP contribution in [0.5, 0.6) is 0 Å². The number of nitrogens with zero attached hydrogens (tertiary/aromatic N) is 2. The molecule has 1 heterocycles. The lowest BCUT2D eigenvalue weighted by molar-refractivity contribution is -0.128. The Morgan fingerprint density at radius 1 is 1.24 bits per heavy atom. The highest BCUT2D eigenvalue weighted by atomic mass is 16.2. The molecule has 1 aliphatic heterocycles. The summed E-state index contributed by atoms with van der Waals surface area (Å²) >= 11 is 0. The highest BCUT2D eigenvalue weighted by Gasteiger charge is 2.19. The van der Waals surface area contributed by atoms with E-state index in [0.29, 0.717) is 6.54 Å². The normalized spacial score (nSPS) is 15.0. The minimum atomic E-state index is 0.258. The molecule has 1 aromatic carbocycles. The maximum atomic E-state index is 12.1. The van der Waals surface area contributed by atoms with Crippen LogP contribution in [0.1, 0.15) is 19.8 Å². The summed E-state index contributed by atoms with van der Waals surface area (Å²) in [6, 6.07) is 10.1. The van der Waals surface area contributed by atoms with Gasteiger partial charge < -0.3 is 9.80 Å². The van der Waals surface area contributed by atoms with E-state index in [4.69, 9.17) is 0 Å². The van der Waals surface area contributed by atoms with E-state index in [1.165, 1.54) is 0 Å². The second kappa shape index (κ2) is 5.71. The summed E-state index contributed by atoms with van der Waals surface area (Å²) in [6.45, 7) is 5.32. The lowest BCUT2D eigenvalue weighted by Crippen LogP contribution is -2.38. The van der Waals surface area contributed by atoms with Gasteiger partial charge in [0, 0.05) is 25.3 Å². The smallest absolute Gasteiger partial charge is 0.242 e. The Morgan fingerprint density at radius 3 is 2.47 bits per heavy atom. The summed E-state index contributed by atoms with van der Waals surface area (Å²) in [5.41, 5.74) is 1.13. The summed E-state index contributed by atoms with van der Waals surface area (Å²) in [6.07, 6.45) is 2.31. The van der Waals surface area contributed by atoms with E-state index in [1.807, 2.05) is 23.1 Å². The van der Waals surface area contributed by atoms with Crippen LogP contribution < -0.4 is 4.90 Å². The first kappa shape index (κ1) is 12.0. The predicted molar refractivity (Wildman–Crippen MR) is 70.1 cm³/mol. The van der Waals surface area contributed by atoms with Crippen molar-refractivity contribution in [1.82, 2.24) is 4.90 Å². The van der Waals surface area contributed by atoms with Crippen LogP contribution in [0.15, 0.2) is 30.3 Å².